The average Bonchev–Trinajstić information content (AvgIpc) is 2.29. The second-order valence-electron chi connectivity index (χ2n) is 3.09. The zero-order valence-corrected chi connectivity index (χ0v) is 6.91. The standard InChI is InChI=1S/C8H14O3/c1-4-6(9)7-5-10-8(2,3)11-7/h4,6-7,9H,1,5H2,2-3H3/t6-,7-/m0/s1. The van der Waals surface area contributed by atoms with Gasteiger partial charge in [0.25, 0.3) is 0 Å². The summed E-state index contributed by atoms with van der Waals surface area (Å²) in [6.07, 6.45) is 0.564. The fraction of sp³-hybridized carbons (Fsp3) is 0.750. The van der Waals surface area contributed by atoms with Crippen LogP contribution < -0.4 is 0 Å². The van der Waals surface area contributed by atoms with E-state index in [1.54, 1.807) is 0 Å². The molecule has 0 unspecified atom stereocenters. The van der Waals surface area contributed by atoms with Crippen molar-refractivity contribution in [1.82, 2.24) is 0 Å². The first kappa shape index (κ1) is 8.71. The van der Waals surface area contributed by atoms with Crippen molar-refractivity contribution in [2.45, 2.75) is 31.8 Å². The maximum absolute atomic E-state index is 9.27. The van der Waals surface area contributed by atoms with E-state index in [9.17, 15) is 5.11 Å². The van der Waals surface area contributed by atoms with Gasteiger partial charge in [0.1, 0.15) is 12.2 Å². The van der Waals surface area contributed by atoms with Crippen molar-refractivity contribution in [3.05, 3.63) is 12.7 Å². The summed E-state index contributed by atoms with van der Waals surface area (Å²) in [5.41, 5.74) is 0. The Balaban J connectivity index is 2.47. The van der Waals surface area contributed by atoms with E-state index in [0.29, 0.717) is 6.61 Å². The van der Waals surface area contributed by atoms with E-state index >= 15 is 0 Å². The van der Waals surface area contributed by atoms with Crippen LogP contribution in [0.5, 0.6) is 0 Å². The van der Waals surface area contributed by atoms with Crippen LogP contribution in [0.3, 0.4) is 0 Å². The Morgan fingerprint density at radius 3 is 2.73 bits per heavy atom. The summed E-state index contributed by atoms with van der Waals surface area (Å²) in [5.74, 6) is -0.561. The molecule has 1 saturated heterocycles. The van der Waals surface area contributed by atoms with E-state index in [-0.39, 0.29) is 6.10 Å². The number of aliphatic hydroxyl groups excluding tert-OH is 1. The van der Waals surface area contributed by atoms with E-state index < -0.39 is 11.9 Å². The summed E-state index contributed by atoms with van der Waals surface area (Å²) in [4.78, 5) is 0. The smallest absolute Gasteiger partial charge is 0.163 e. The van der Waals surface area contributed by atoms with Crippen LogP contribution in [0.25, 0.3) is 0 Å². The van der Waals surface area contributed by atoms with Crippen LogP contribution in [0, 0.1) is 0 Å². The predicted molar refractivity (Wildman–Crippen MR) is 41.1 cm³/mol. The van der Waals surface area contributed by atoms with Gasteiger partial charge in [-0.15, -0.1) is 6.58 Å². The highest BCUT2D eigenvalue weighted by Gasteiger charge is 2.35. The largest absolute Gasteiger partial charge is 0.386 e. The molecule has 11 heavy (non-hydrogen) atoms. The highest BCUT2D eigenvalue weighted by Crippen LogP contribution is 2.24. The topological polar surface area (TPSA) is 38.7 Å². The third-order valence-electron chi connectivity index (χ3n) is 1.65. The molecule has 1 aliphatic rings. The van der Waals surface area contributed by atoms with E-state index in [2.05, 4.69) is 6.58 Å². The molecule has 1 N–H and O–H groups in total. The zero-order valence-electron chi connectivity index (χ0n) is 6.91. The normalized spacial score (nSPS) is 31.7. The molecule has 0 amide bonds. The molecule has 1 aliphatic heterocycles. The molecule has 0 aromatic carbocycles. The van der Waals surface area contributed by atoms with E-state index in [0.717, 1.165) is 0 Å². The Morgan fingerprint density at radius 1 is 1.73 bits per heavy atom. The van der Waals surface area contributed by atoms with Gasteiger partial charge in [0.2, 0.25) is 0 Å². The van der Waals surface area contributed by atoms with Gasteiger partial charge >= 0.3 is 0 Å². The van der Waals surface area contributed by atoms with Gasteiger partial charge < -0.3 is 14.6 Å². The van der Waals surface area contributed by atoms with Crippen molar-refractivity contribution >= 4 is 0 Å². The van der Waals surface area contributed by atoms with Gasteiger partial charge in [-0.2, -0.15) is 0 Å². The lowest BCUT2D eigenvalue weighted by molar-refractivity contribution is -0.147. The van der Waals surface area contributed by atoms with Crippen LogP contribution in [0.2, 0.25) is 0 Å². The molecule has 3 heteroatoms. The number of hydrogen-bond acceptors (Lipinski definition) is 3. The molecule has 1 heterocycles. The molecule has 0 spiro atoms. The van der Waals surface area contributed by atoms with Crippen molar-refractivity contribution in [2.24, 2.45) is 0 Å². The van der Waals surface area contributed by atoms with E-state index in [4.69, 9.17) is 9.47 Å². The molecule has 3 nitrogen and oxygen atoms in total. The van der Waals surface area contributed by atoms with Crippen molar-refractivity contribution in [3.63, 3.8) is 0 Å². The first-order chi connectivity index (χ1) is 5.05. The monoisotopic (exact) mass is 158 g/mol. The summed E-state index contributed by atoms with van der Waals surface area (Å²) < 4.78 is 10.6. The third-order valence-corrected chi connectivity index (χ3v) is 1.65. The molecule has 0 aromatic heterocycles. The Hall–Kier alpha value is -0.380. The summed E-state index contributed by atoms with van der Waals surface area (Å²) in [7, 11) is 0. The first-order valence-corrected chi connectivity index (χ1v) is 3.67. The molecular formula is C8H14O3. The van der Waals surface area contributed by atoms with Gasteiger partial charge in [-0.05, 0) is 13.8 Å². The lowest BCUT2D eigenvalue weighted by atomic mass is 10.2. The lowest BCUT2D eigenvalue weighted by Crippen LogP contribution is -2.28. The SMILES string of the molecule is C=C[C@H](O)[C@@H]1COC(C)(C)O1. The highest BCUT2D eigenvalue weighted by atomic mass is 16.7. The Morgan fingerprint density at radius 2 is 2.36 bits per heavy atom. The summed E-state index contributed by atoms with van der Waals surface area (Å²) >= 11 is 0. The van der Waals surface area contributed by atoms with Crippen LogP contribution in [-0.2, 0) is 9.47 Å². The minimum Gasteiger partial charge on any atom is -0.386 e. The number of rotatable bonds is 2. The molecule has 0 aliphatic carbocycles. The number of hydrogen-bond donors (Lipinski definition) is 1. The van der Waals surface area contributed by atoms with Gasteiger partial charge in [-0.25, -0.2) is 0 Å². The summed E-state index contributed by atoms with van der Waals surface area (Å²) in [6, 6.07) is 0. The van der Waals surface area contributed by atoms with E-state index in [1.807, 2.05) is 13.8 Å². The van der Waals surface area contributed by atoms with E-state index in [1.165, 1.54) is 6.08 Å². The van der Waals surface area contributed by atoms with Crippen LogP contribution in [0.4, 0.5) is 0 Å². The Kier molecular flexibility index (Phi) is 2.32. The van der Waals surface area contributed by atoms with Crippen LogP contribution >= 0.6 is 0 Å². The second-order valence-corrected chi connectivity index (χ2v) is 3.09. The quantitative estimate of drug-likeness (QED) is 0.601. The third kappa shape index (κ3) is 2.02. The zero-order chi connectivity index (χ0) is 8.48. The maximum Gasteiger partial charge on any atom is 0.163 e. The lowest BCUT2D eigenvalue weighted by Gasteiger charge is -2.18. The molecule has 0 aromatic rings. The molecular weight excluding hydrogens is 144 g/mol. The van der Waals surface area contributed by atoms with Crippen LogP contribution in [-0.4, -0.2) is 29.7 Å². The van der Waals surface area contributed by atoms with Gasteiger partial charge in [-0.3, -0.25) is 0 Å². The Labute approximate surface area is 66.6 Å². The second kappa shape index (κ2) is 2.93. The maximum atomic E-state index is 9.27. The van der Waals surface area contributed by atoms with Gasteiger partial charge in [-0.1, -0.05) is 6.08 Å². The molecule has 2 atom stereocenters. The van der Waals surface area contributed by atoms with Crippen LogP contribution in [0.15, 0.2) is 12.7 Å². The van der Waals surface area contributed by atoms with Gasteiger partial charge in [0.05, 0.1) is 6.61 Å². The Bertz CT molecular complexity index is 153. The average molecular weight is 158 g/mol. The minimum atomic E-state index is -0.628. The van der Waals surface area contributed by atoms with Crippen molar-refractivity contribution in [2.75, 3.05) is 6.61 Å². The molecule has 1 fully saturated rings. The summed E-state index contributed by atoms with van der Waals surface area (Å²) in [6.45, 7) is 7.54. The number of aliphatic hydroxyl groups is 1. The number of ether oxygens (including phenoxy) is 2. The fourth-order valence-electron chi connectivity index (χ4n) is 1.04. The molecule has 64 valence electrons. The fourth-order valence-corrected chi connectivity index (χ4v) is 1.04. The van der Waals surface area contributed by atoms with Crippen molar-refractivity contribution < 1.29 is 14.6 Å². The molecule has 0 saturated carbocycles. The summed E-state index contributed by atoms with van der Waals surface area (Å²) in [5, 5.41) is 9.27. The molecule has 0 bridgehead atoms. The van der Waals surface area contributed by atoms with Crippen LogP contribution in [0.1, 0.15) is 13.8 Å². The molecule has 1 rings (SSSR count). The predicted octanol–water partition coefficient (Wildman–Crippen LogP) is 0.685. The van der Waals surface area contributed by atoms with Crippen molar-refractivity contribution in [1.29, 1.82) is 0 Å². The highest BCUT2D eigenvalue weighted by molar-refractivity contribution is 4.88. The van der Waals surface area contributed by atoms with Crippen molar-refractivity contribution in [3.8, 4) is 0 Å². The van der Waals surface area contributed by atoms with Gasteiger partial charge in [0.15, 0.2) is 5.79 Å². The molecule has 0 radical (unpaired) electrons. The van der Waals surface area contributed by atoms with Gasteiger partial charge in [0, 0.05) is 0 Å². The first-order valence-electron chi connectivity index (χ1n) is 3.67. The minimum absolute atomic E-state index is 0.262.